The zero-order chi connectivity index (χ0) is 20.8. The summed E-state index contributed by atoms with van der Waals surface area (Å²) in [6.45, 7) is 4.43. The van der Waals surface area contributed by atoms with Crippen LogP contribution < -0.4 is 5.73 Å². The lowest BCUT2D eigenvalue weighted by atomic mass is 9.98. The van der Waals surface area contributed by atoms with Gasteiger partial charge in [0.2, 0.25) is 5.91 Å². The summed E-state index contributed by atoms with van der Waals surface area (Å²) < 4.78 is 7.18. The molecule has 0 saturated heterocycles. The number of benzene rings is 1. The largest absolute Gasteiger partial charge is 0.461 e. The Hall–Kier alpha value is -2.87. The number of nitrogens with two attached hydrogens (primary N) is 1. The average molecular weight is 413 g/mol. The van der Waals surface area contributed by atoms with Crippen LogP contribution in [0.5, 0.6) is 0 Å². The first-order chi connectivity index (χ1) is 14.0. The molecule has 2 aromatic heterocycles. The number of primary amides is 1. The predicted molar refractivity (Wildman–Crippen MR) is 112 cm³/mol. The second-order valence-electron chi connectivity index (χ2n) is 6.56. The van der Waals surface area contributed by atoms with Gasteiger partial charge in [-0.25, -0.2) is 0 Å². The molecule has 1 amide bonds. The van der Waals surface area contributed by atoms with Crippen molar-refractivity contribution in [3.8, 4) is 11.6 Å². The minimum Gasteiger partial charge on any atom is -0.461 e. The van der Waals surface area contributed by atoms with Crippen LogP contribution in [0.2, 0.25) is 0 Å². The maximum Gasteiger partial charge on any atom is 0.219 e. The molecule has 0 bridgehead atoms. The number of nitrogens with zero attached hydrogens (tertiary/aromatic N) is 3. The Balaban J connectivity index is 1.81. The van der Waals surface area contributed by atoms with Crippen molar-refractivity contribution in [3.63, 3.8) is 0 Å². The fourth-order valence-corrected chi connectivity index (χ4v) is 3.87. The van der Waals surface area contributed by atoms with E-state index in [1.807, 2.05) is 19.1 Å². The zero-order valence-electron chi connectivity index (χ0n) is 16.6. The number of aromatic nitrogens is 3. The molecule has 2 N–H and O–H groups in total. The number of aryl methyl sites for hydroxylation is 2. The fraction of sp³-hybridized carbons (Fsp3) is 0.333. The van der Waals surface area contributed by atoms with Gasteiger partial charge in [0.15, 0.2) is 22.5 Å². The molecule has 0 aliphatic rings. The van der Waals surface area contributed by atoms with E-state index in [2.05, 4.69) is 23.2 Å². The molecule has 0 aliphatic carbocycles. The van der Waals surface area contributed by atoms with Crippen molar-refractivity contribution in [2.75, 3.05) is 5.75 Å². The van der Waals surface area contributed by atoms with E-state index < -0.39 is 5.91 Å². The highest BCUT2D eigenvalue weighted by molar-refractivity contribution is 7.99. The fourth-order valence-electron chi connectivity index (χ4n) is 3.03. The number of hydrogen-bond acceptors (Lipinski definition) is 6. The van der Waals surface area contributed by atoms with Crippen LogP contribution in [-0.2, 0) is 24.2 Å². The molecule has 0 saturated carbocycles. The van der Waals surface area contributed by atoms with Crippen LogP contribution in [0.4, 0.5) is 0 Å². The number of carbonyl (C=O) groups is 2. The van der Waals surface area contributed by atoms with Crippen molar-refractivity contribution in [2.24, 2.45) is 5.73 Å². The van der Waals surface area contributed by atoms with E-state index in [1.165, 1.54) is 11.8 Å². The van der Waals surface area contributed by atoms with E-state index in [1.54, 1.807) is 23.0 Å². The third-order valence-electron chi connectivity index (χ3n) is 4.64. The van der Waals surface area contributed by atoms with Crippen molar-refractivity contribution >= 4 is 23.5 Å². The molecule has 29 heavy (non-hydrogen) atoms. The molecule has 2 heterocycles. The van der Waals surface area contributed by atoms with Crippen LogP contribution in [0.15, 0.2) is 46.2 Å². The molecule has 0 aliphatic heterocycles. The van der Waals surface area contributed by atoms with Gasteiger partial charge in [-0.2, -0.15) is 0 Å². The highest BCUT2D eigenvalue weighted by atomic mass is 32.2. The van der Waals surface area contributed by atoms with Gasteiger partial charge in [0.25, 0.3) is 0 Å². The topological polar surface area (TPSA) is 104 Å². The minimum absolute atomic E-state index is 0.0474. The first kappa shape index (κ1) is 20.9. The Morgan fingerprint density at radius 2 is 2.00 bits per heavy atom. The summed E-state index contributed by atoms with van der Waals surface area (Å²) in [5.74, 6) is 0.913. The number of ketones is 1. The highest BCUT2D eigenvalue weighted by Crippen LogP contribution is 2.26. The molecule has 0 fully saturated rings. The normalized spacial score (nSPS) is 11.0. The van der Waals surface area contributed by atoms with E-state index >= 15 is 0 Å². The molecule has 0 atom stereocenters. The lowest BCUT2D eigenvalue weighted by Gasteiger charge is -2.10. The van der Waals surface area contributed by atoms with Crippen LogP contribution in [0, 0.1) is 0 Å². The van der Waals surface area contributed by atoms with E-state index in [0.717, 1.165) is 29.5 Å². The lowest BCUT2D eigenvalue weighted by molar-refractivity contribution is -0.118. The third-order valence-corrected chi connectivity index (χ3v) is 5.60. The molecule has 0 spiro atoms. The summed E-state index contributed by atoms with van der Waals surface area (Å²) in [6.07, 6.45) is 3.37. The summed E-state index contributed by atoms with van der Waals surface area (Å²) in [7, 11) is 0. The first-order valence-electron chi connectivity index (χ1n) is 9.56. The molecule has 0 unspecified atom stereocenters. The smallest absolute Gasteiger partial charge is 0.219 e. The van der Waals surface area contributed by atoms with Crippen LogP contribution >= 0.6 is 11.8 Å². The number of furan rings is 1. The molecular weight excluding hydrogens is 388 g/mol. The Morgan fingerprint density at radius 1 is 1.17 bits per heavy atom. The van der Waals surface area contributed by atoms with Gasteiger partial charge in [-0.15, -0.1) is 10.2 Å². The summed E-state index contributed by atoms with van der Waals surface area (Å²) in [4.78, 5) is 24.2. The third kappa shape index (κ3) is 4.95. The van der Waals surface area contributed by atoms with Gasteiger partial charge in [0, 0.05) is 18.5 Å². The van der Waals surface area contributed by atoms with Crippen LogP contribution in [0.25, 0.3) is 11.6 Å². The first-order valence-corrected chi connectivity index (χ1v) is 10.5. The Kier molecular flexibility index (Phi) is 6.87. The van der Waals surface area contributed by atoms with Crippen molar-refractivity contribution in [1.29, 1.82) is 0 Å². The van der Waals surface area contributed by atoms with Gasteiger partial charge >= 0.3 is 0 Å². The van der Waals surface area contributed by atoms with Crippen molar-refractivity contribution in [2.45, 2.75) is 44.8 Å². The van der Waals surface area contributed by atoms with Gasteiger partial charge in [-0.05, 0) is 42.2 Å². The second-order valence-corrected chi connectivity index (χ2v) is 7.50. The van der Waals surface area contributed by atoms with Gasteiger partial charge in [-0.1, -0.05) is 37.7 Å². The van der Waals surface area contributed by atoms with Gasteiger partial charge in [-0.3, -0.25) is 14.2 Å². The summed E-state index contributed by atoms with van der Waals surface area (Å²) in [5, 5.41) is 8.94. The predicted octanol–water partition coefficient (Wildman–Crippen LogP) is 3.51. The van der Waals surface area contributed by atoms with Gasteiger partial charge < -0.3 is 10.2 Å². The van der Waals surface area contributed by atoms with Crippen LogP contribution in [-0.4, -0.2) is 32.2 Å². The monoisotopic (exact) mass is 412 g/mol. The summed E-state index contributed by atoms with van der Waals surface area (Å²) in [5.41, 5.74) is 8.25. The van der Waals surface area contributed by atoms with Crippen molar-refractivity contribution in [1.82, 2.24) is 14.8 Å². The standard InChI is InChI=1S/C21H24N4O3S/c1-3-14-7-8-15(4-2)16(12-14)17(26)13-29-21-24-23-20(18-6-5-11-28-18)25(21)10-9-19(22)27/h5-8,11-12H,3-4,9-10,13H2,1-2H3,(H2,22,27). The molecule has 1 aromatic carbocycles. The molecule has 3 aromatic rings. The Bertz CT molecular complexity index is 996. The van der Waals surface area contributed by atoms with E-state index in [0.29, 0.717) is 23.3 Å². The summed E-state index contributed by atoms with van der Waals surface area (Å²) in [6, 6.07) is 9.60. The molecule has 7 nitrogen and oxygen atoms in total. The van der Waals surface area contributed by atoms with E-state index in [9.17, 15) is 9.59 Å². The van der Waals surface area contributed by atoms with Crippen LogP contribution in [0.1, 0.15) is 41.8 Å². The number of thioether (sulfide) groups is 1. The number of carbonyl (C=O) groups excluding carboxylic acids is 2. The summed E-state index contributed by atoms with van der Waals surface area (Å²) >= 11 is 1.30. The number of amides is 1. The van der Waals surface area contributed by atoms with Gasteiger partial charge in [0.05, 0.1) is 12.0 Å². The second kappa shape index (κ2) is 9.56. The zero-order valence-corrected chi connectivity index (χ0v) is 17.4. The number of hydrogen-bond donors (Lipinski definition) is 1. The molecule has 0 radical (unpaired) electrons. The quantitative estimate of drug-likeness (QED) is 0.404. The maximum absolute atomic E-state index is 12.9. The Morgan fingerprint density at radius 3 is 2.66 bits per heavy atom. The highest BCUT2D eigenvalue weighted by Gasteiger charge is 2.19. The SMILES string of the molecule is CCc1ccc(CC)c(C(=O)CSc2nnc(-c3ccco3)n2CCC(N)=O)c1. The minimum atomic E-state index is -0.417. The van der Waals surface area contributed by atoms with E-state index in [-0.39, 0.29) is 18.0 Å². The number of Topliss-reactive ketones (excluding diaryl/α,β-unsaturated/α-hetero) is 1. The maximum atomic E-state index is 12.9. The molecule has 152 valence electrons. The average Bonchev–Trinajstić information content (AvgIpc) is 3.39. The number of rotatable bonds is 10. The van der Waals surface area contributed by atoms with E-state index in [4.69, 9.17) is 10.2 Å². The van der Waals surface area contributed by atoms with Crippen molar-refractivity contribution < 1.29 is 14.0 Å². The van der Waals surface area contributed by atoms with Crippen LogP contribution in [0.3, 0.4) is 0 Å². The van der Waals surface area contributed by atoms with Crippen molar-refractivity contribution in [3.05, 3.63) is 53.3 Å². The Labute approximate surface area is 173 Å². The molecular formula is C21H24N4O3S. The van der Waals surface area contributed by atoms with Gasteiger partial charge in [0.1, 0.15) is 0 Å². The molecule has 8 heteroatoms. The molecule has 3 rings (SSSR count). The lowest BCUT2D eigenvalue weighted by Crippen LogP contribution is -2.15.